The Morgan fingerprint density at radius 3 is 2.72 bits per heavy atom. The van der Waals surface area contributed by atoms with E-state index in [4.69, 9.17) is 9.15 Å². The maximum Gasteiger partial charge on any atom is 0.317 e. The van der Waals surface area contributed by atoms with E-state index in [1.807, 2.05) is 24.3 Å². The third-order valence-electron chi connectivity index (χ3n) is 2.37. The normalized spacial score (nSPS) is 10.3. The van der Waals surface area contributed by atoms with Gasteiger partial charge in [-0.05, 0) is 12.1 Å². The standard InChI is InChI=1S/C13H12O5/c1-16-12(14)7-13(15)17-8-10-6-9-4-2-3-5-11(9)18-10/h2-6H,7-8H2,1H3. The van der Waals surface area contributed by atoms with Crippen molar-refractivity contribution in [1.82, 2.24) is 0 Å². The Labute approximate surface area is 103 Å². The lowest BCUT2D eigenvalue weighted by molar-refractivity contribution is -0.154. The van der Waals surface area contributed by atoms with E-state index in [1.54, 1.807) is 6.07 Å². The lowest BCUT2D eigenvalue weighted by Gasteiger charge is -2.01. The predicted octanol–water partition coefficient (Wildman–Crippen LogP) is 2.04. The van der Waals surface area contributed by atoms with Crippen LogP contribution in [0.5, 0.6) is 0 Å². The molecule has 0 aliphatic rings. The van der Waals surface area contributed by atoms with Crippen LogP contribution in [-0.4, -0.2) is 19.0 Å². The van der Waals surface area contributed by atoms with Crippen molar-refractivity contribution in [1.29, 1.82) is 0 Å². The van der Waals surface area contributed by atoms with Crippen molar-refractivity contribution < 1.29 is 23.5 Å². The molecule has 0 N–H and O–H groups in total. The molecule has 0 aliphatic heterocycles. The minimum absolute atomic E-state index is 0.00447. The first-order chi connectivity index (χ1) is 8.69. The summed E-state index contributed by atoms with van der Waals surface area (Å²) >= 11 is 0. The number of ether oxygens (including phenoxy) is 2. The van der Waals surface area contributed by atoms with Crippen molar-refractivity contribution in [2.24, 2.45) is 0 Å². The lowest BCUT2D eigenvalue weighted by Crippen LogP contribution is -2.12. The number of hydrogen-bond acceptors (Lipinski definition) is 5. The van der Waals surface area contributed by atoms with Gasteiger partial charge in [-0.3, -0.25) is 9.59 Å². The molecule has 0 aliphatic carbocycles. The summed E-state index contributed by atoms with van der Waals surface area (Å²) in [6.07, 6.45) is -0.392. The molecule has 0 fully saturated rings. The summed E-state index contributed by atoms with van der Waals surface area (Å²) in [6.45, 7) is 0.00447. The van der Waals surface area contributed by atoms with E-state index in [-0.39, 0.29) is 6.61 Å². The molecule has 0 atom stereocenters. The highest BCUT2D eigenvalue weighted by Crippen LogP contribution is 2.19. The topological polar surface area (TPSA) is 65.7 Å². The molecule has 0 unspecified atom stereocenters. The van der Waals surface area contributed by atoms with Crippen LogP contribution in [0.15, 0.2) is 34.7 Å². The summed E-state index contributed by atoms with van der Waals surface area (Å²) in [7, 11) is 1.22. The average molecular weight is 248 g/mol. The van der Waals surface area contributed by atoms with Crippen LogP contribution in [0.4, 0.5) is 0 Å². The molecular weight excluding hydrogens is 236 g/mol. The van der Waals surface area contributed by atoms with Gasteiger partial charge < -0.3 is 13.9 Å². The fourth-order valence-corrected chi connectivity index (χ4v) is 1.50. The highest BCUT2D eigenvalue weighted by molar-refractivity contribution is 5.91. The SMILES string of the molecule is COC(=O)CC(=O)OCc1cc2ccccc2o1. The number of hydrogen-bond donors (Lipinski definition) is 0. The number of carbonyl (C=O) groups is 2. The maximum absolute atomic E-state index is 11.2. The molecule has 18 heavy (non-hydrogen) atoms. The first-order valence-electron chi connectivity index (χ1n) is 5.39. The second kappa shape index (κ2) is 5.35. The molecule has 0 saturated carbocycles. The largest absolute Gasteiger partial charge is 0.469 e. The number of benzene rings is 1. The van der Waals surface area contributed by atoms with Crippen LogP contribution in [0.1, 0.15) is 12.2 Å². The zero-order valence-corrected chi connectivity index (χ0v) is 9.84. The first kappa shape index (κ1) is 12.2. The minimum Gasteiger partial charge on any atom is -0.469 e. The zero-order chi connectivity index (χ0) is 13.0. The van der Waals surface area contributed by atoms with E-state index in [1.165, 1.54) is 7.11 Å². The number of rotatable bonds is 4. The summed E-state index contributed by atoms with van der Waals surface area (Å²) in [5, 5.41) is 0.941. The van der Waals surface area contributed by atoms with Crippen LogP contribution in [0.2, 0.25) is 0 Å². The highest BCUT2D eigenvalue weighted by Gasteiger charge is 2.12. The fraction of sp³-hybridized carbons (Fsp3) is 0.231. The summed E-state index contributed by atoms with van der Waals surface area (Å²) < 4.78 is 14.7. The van der Waals surface area contributed by atoms with Gasteiger partial charge >= 0.3 is 11.9 Å². The molecule has 0 amide bonds. The molecule has 0 spiro atoms. The highest BCUT2D eigenvalue weighted by atomic mass is 16.6. The van der Waals surface area contributed by atoms with Gasteiger partial charge in [0.25, 0.3) is 0 Å². The molecule has 5 heteroatoms. The van der Waals surface area contributed by atoms with Crippen molar-refractivity contribution in [3.05, 3.63) is 36.1 Å². The number of methoxy groups -OCH3 is 1. The molecule has 0 saturated heterocycles. The summed E-state index contributed by atoms with van der Waals surface area (Å²) in [6, 6.07) is 9.28. The van der Waals surface area contributed by atoms with Gasteiger partial charge in [-0.15, -0.1) is 0 Å². The van der Waals surface area contributed by atoms with Gasteiger partial charge in [0.2, 0.25) is 0 Å². The van der Waals surface area contributed by atoms with E-state index in [0.29, 0.717) is 5.76 Å². The Bertz CT molecular complexity index is 537. The minimum atomic E-state index is -0.637. The molecule has 94 valence electrons. The summed E-state index contributed by atoms with van der Waals surface area (Å²) in [5.41, 5.74) is 0.733. The van der Waals surface area contributed by atoms with Crippen molar-refractivity contribution in [2.45, 2.75) is 13.0 Å². The van der Waals surface area contributed by atoms with Gasteiger partial charge in [0.05, 0.1) is 7.11 Å². The van der Waals surface area contributed by atoms with Crippen LogP contribution in [0.3, 0.4) is 0 Å². The van der Waals surface area contributed by atoms with E-state index in [9.17, 15) is 9.59 Å². The molecule has 1 aromatic carbocycles. The molecule has 0 bridgehead atoms. The Hall–Kier alpha value is -2.30. The van der Waals surface area contributed by atoms with Crippen molar-refractivity contribution in [3.8, 4) is 0 Å². The van der Waals surface area contributed by atoms with Crippen LogP contribution < -0.4 is 0 Å². The van der Waals surface area contributed by atoms with Crippen molar-refractivity contribution >= 4 is 22.9 Å². The number of carbonyl (C=O) groups excluding carboxylic acids is 2. The van der Waals surface area contributed by atoms with Gasteiger partial charge in [0.15, 0.2) is 0 Å². The van der Waals surface area contributed by atoms with E-state index in [0.717, 1.165) is 11.0 Å². The number of para-hydroxylation sites is 1. The quantitative estimate of drug-likeness (QED) is 0.612. The van der Waals surface area contributed by atoms with Gasteiger partial charge in [-0.25, -0.2) is 0 Å². The van der Waals surface area contributed by atoms with Crippen LogP contribution in [0.25, 0.3) is 11.0 Å². The van der Waals surface area contributed by atoms with Crippen LogP contribution >= 0.6 is 0 Å². The number of furan rings is 1. The van der Waals surface area contributed by atoms with Crippen molar-refractivity contribution in [3.63, 3.8) is 0 Å². The van der Waals surface area contributed by atoms with Gasteiger partial charge in [0.1, 0.15) is 24.4 Å². The molecule has 0 radical (unpaired) electrons. The second-order valence-electron chi connectivity index (χ2n) is 3.66. The van der Waals surface area contributed by atoms with E-state index in [2.05, 4.69) is 4.74 Å². The lowest BCUT2D eigenvalue weighted by atomic mass is 10.2. The summed E-state index contributed by atoms with van der Waals surface area (Å²) in [5.74, 6) is -0.721. The van der Waals surface area contributed by atoms with E-state index < -0.39 is 18.4 Å². The molecule has 1 aromatic heterocycles. The third-order valence-corrected chi connectivity index (χ3v) is 2.37. The Morgan fingerprint density at radius 2 is 2.00 bits per heavy atom. The van der Waals surface area contributed by atoms with Crippen LogP contribution in [0, 0.1) is 0 Å². The zero-order valence-electron chi connectivity index (χ0n) is 9.84. The Balaban J connectivity index is 1.94. The third kappa shape index (κ3) is 2.88. The van der Waals surface area contributed by atoms with Gasteiger partial charge in [0, 0.05) is 5.39 Å². The molecule has 1 heterocycles. The first-order valence-corrected chi connectivity index (χ1v) is 5.39. The molecule has 2 rings (SSSR count). The molecular formula is C13H12O5. The average Bonchev–Trinajstić information content (AvgIpc) is 2.79. The Kier molecular flexibility index (Phi) is 3.62. The predicted molar refractivity (Wildman–Crippen MR) is 62.6 cm³/mol. The van der Waals surface area contributed by atoms with E-state index >= 15 is 0 Å². The summed E-state index contributed by atoms with van der Waals surface area (Å²) in [4.78, 5) is 22.1. The monoisotopic (exact) mass is 248 g/mol. The fourth-order valence-electron chi connectivity index (χ4n) is 1.50. The molecule has 5 nitrogen and oxygen atoms in total. The smallest absolute Gasteiger partial charge is 0.317 e. The van der Waals surface area contributed by atoms with Gasteiger partial charge in [-0.1, -0.05) is 18.2 Å². The van der Waals surface area contributed by atoms with Crippen LogP contribution in [-0.2, 0) is 25.7 Å². The number of fused-ring (bicyclic) bond motifs is 1. The second-order valence-corrected chi connectivity index (χ2v) is 3.66. The van der Waals surface area contributed by atoms with Gasteiger partial charge in [-0.2, -0.15) is 0 Å². The Morgan fingerprint density at radius 1 is 1.22 bits per heavy atom. The maximum atomic E-state index is 11.2. The molecule has 2 aromatic rings. The number of esters is 2. The van der Waals surface area contributed by atoms with Crippen molar-refractivity contribution in [2.75, 3.05) is 7.11 Å².